The fraction of sp³-hybridized carbons (Fsp3) is 0.0690. The SMILES string of the molecule is Cc1ccc(-n2c(O)c(N=Nc3cccc(-c4ccc(C(=O)O)cc4)c3O)c3ccccc32)cc1C. The molecule has 5 aromatic rings. The van der Waals surface area contributed by atoms with Crippen molar-refractivity contribution in [3.8, 4) is 28.4 Å². The molecule has 7 nitrogen and oxygen atoms in total. The standard InChI is InChI=1S/C29H23N3O4/c1-17-10-15-21(16-18(17)2)32-25-9-4-3-6-23(25)26(28(32)34)31-30-24-8-5-7-22(27(24)33)19-11-13-20(14-12-19)29(35)36/h3-16,33-34H,1-2H3,(H,35,36). The number of aryl methyl sites for hydroxylation is 2. The third-order valence-corrected chi connectivity index (χ3v) is 6.29. The number of para-hydroxylation sites is 2. The van der Waals surface area contributed by atoms with E-state index in [0.29, 0.717) is 16.8 Å². The highest BCUT2D eigenvalue weighted by molar-refractivity contribution is 5.96. The van der Waals surface area contributed by atoms with Gasteiger partial charge in [-0.1, -0.05) is 48.5 Å². The van der Waals surface area contributed by atoms with Gasteiger partial charge in [-0.3, -0.25) is 4.57 Å². The molecule has 1 aromatic heterocycles. The number of aromatic hydroxyl groups is 2. The second-order valence-electron chi connectivity index (χ2n) is 8.55. The van der Waals surface area contributed by atoms with E-state index in [0.717, 1.165) is 27.7 Å². The number of benzene rings is 4. The number of fused-ring (bicyclic) bond motifs is 1. The summed E-state index contributed by atoms with van der Waals surface area (Å²) in [7, 11) is 0. The van der Waals surface area contributed by atoms with Crippen LogP contribution in [0.4, 0.5) is 11.4 Å². The van der Waals surface area contributed by atoms with Crippen LogP contribution >= 0.6 is 0 Å². The Morgan fingerprint density at radius 2 is 1.56 bits per heavy atom. The van der Waals surface area contributed by atoms with E-state index in [1.165, 1.54) is 12.1 Å². The fourth-order valence-electron chi connectivity index (χ4n) is 4.18. The first kappa shape index (κ1) is 22.9. The number of aromatic carboxylic acids is 1. The van der Waals surface area contributed by atoms with Crippen LogP contribution in [0.2, 0.25) is 0 Å². The minimum atomic E-state index is -1.02. The van der Waals surface area contributed by atoms with Gasteiger partial charge in [0.2, 0.25) is 5.88 Å². The third kappa shape index (κ3) is 3.96. The number of azo groups is 1. The van der Waals surface area contributed by atoms with Crippen LogP contribution in [0, 0.1) is 13.8 Å². The molecular weight excluding hydrogens is 454 g/mol. The van der Waals surface area contributed by atoms with Crippen molar-refractivity contribution in [2.24, 2.45) is 10.2 Å². The number of nitrogens with zero attached hydrogens (tertiary/aromatic N) is 3. The van der Waals surface area contributed by atoms with Crippen LogP contribution in [0.5, 0.6) is 11.6 Å². The lowest BCUT2D eigenvalue weighted by Gasteiger charge is -2.09. The average Bonchev–Trinajstić information content (AvgIpc) is 3.16. The van der Waals surface area contributed by atoms with E-state index in [2.05, 4.69) is 10.2 Å². The Kier molecular flexibility index (Phi) is 5.74. The summed E-state index contributed by atoms with van der Waals surface area (Å²) in [6, 6.07) is 24.8. The topological polar surface area (TPSA) is 107 Å². The van der Waals surface area contributed by atoms with E-state index in [1.54, 1.807) is 34.9 Å². The molecule has 0 saturated carbocycles. The van der Waals surface area contributed by atoms with Crippen molar-refractivity contribution >= 4 is 28.2 Å². The molecule has 7 heteroatoms. The number of phenolic OH excluding ortho intramolecular Hbond substituents is 1. The predicted octanol–water partition coefficient (Wildman–Crippen LogP) is 7.44. The summed E-state index contributed by atoms with van der Waals surface area (Å²) in [6.45, 7) is 4.06. The lowest BCUT2D eigenvalue weighted by molar-refractivity contribution is 0.0697. The number of carbonyl (C=O) groups is 1. The number of carboxylic acid groups (broad SMARTS) is 1. The highest BCUT2D eigenvalue weighted by Crippen LogP contribution is 2.43. The van der Waals surface area contributed by atoms with Gasteiger partial charge in [0.1, 0.15) is 5.69 Å². The predicted molar refractivity (Wildman–Crippen MR) is 139 cm³/mol. The van der Waals surface area contributed by atoms with E-state index in [4.69, 9.17) is 5.11 Å². The van der Waals surface area contributed by atoms with Crippen molar-refractivity contribution in [2.45, 2.75) is 13.8 Å². The lowest BCUT2D eigenvalue weighted by Crippen LogP contribution is -1.94. The van der Waals surface area contributed by atoms with Crippen LogP contribution in [0.15, 0.2) is 95.2 Å². The van der Waals surface area contributed by atoms with Gasteiger partial charge in [0.15, 0.2) is 11.4 Å². The van der Waals surface area contributed by atoms with Crippen molar-refractivity contribution < 1.29 is 20.1 Å². The average molecular weight is 478 g/mol. The van der Waals surface area contributed by atoms with Crippen LogP contribution in [-0.2, 0) is 0 Å². The minimum absolute atomic E-state index is 0.0527. The second kappa shape index (κ2) is 9.03. The maximum absolute atomic E-state index is 11.2. The van der Waals surface area contributed by atoms with Crippen molar-refractivity contribution in [2.75, 3.05) is 0 Å². The molecule has 0 spiro atoms. The van der Waals surface area contributed by atoms with E-state index in [1.807, 2.05) is 56.3 Å². The third-order valence-electron chi connectivity index (χ3n) is 6.29. The Hall–Kier alpha value is -4.91. The van der Waals surface area contributed by atoms with Crippen LogP contribution in [0.25, 0.3) is 27.7 Å². The summed E-state index contributed by atoms with van der Waals surface area (Å²) in [5.41, 5.74) is 5.65. The molecule has 36 heavy (non-hydrogen) atoms. The molecule has 1 heterocycles. The fourth-order valence-corrected chi connectivity index (χ4v) is 4.18. The molecule has 3 N–H and O–H groups in total. The second-order valence-corrected chi connectivity index (χ2v) is 8.55. The molecule has 0 bridgehead atoms. The first-order valence-electron chi connectivity index (χ1n) is 11.3. The lowest BCUT2D eigenvalue weighted by atomic mass is 10.0. The van der Waals surface area contributed by atoms with Crippen LogP contribution in [0.3, 0.4) is 0 Å². The van der Waals surface area contributed by atoms with E-state index in [-0.39, 0.29) is 22.9 Å². The van der Waals surface area contributed by atoms with Crippen molar-refractivity contribution in [3.63, 3.8) is 0 Å². The summed E-state index contributed by atoms with van der Waals surface area (Å²) in [5.74, 6) is -1.17. The normalized spacial score (nSPS) is 11.4. The summed E-state index contributed by atoms with van der Waals surface area (Å²) in [4.78, 5) is 11.1. The molecule has 5 rings (SSSR count). The molecule has 4 aromatic carbocycles. The summed E-state index contributed by atoms with van der Waals surface area (Å²) < 4.78 is 1.73. The molecule has 0 amide bonds. The van der Waals surface area contributed by atoms with Gasteiger partial charge in [0.05, 0.1) is 11.1 Å². The smallest absolute Gasteiger partial charge is 0.335 e. The Morgan fingerprint density at radius 1 is 0.806 bits per heavy atom. The summed E-state index contributed by atoms with van der Waals surface area (Å²) in [5, 5.41) is 40.5. The molecule has 0 aliphatic rings. The van der Waals surface area contributed by atoms with Gasteiger partial charge in [0, 0.05) is 16.6 Å². The van der Waals surface area contributed by atoms with E-state index in [9.17, 15) is 15.0 Å². The van der Waals surface area contributed by atoms with Crippen LogP contribution in [0.1, 0.15) is 21.5 Å². The molecule has 0 aliphatic heterocycles. The Bertz CT molecular complexity index is 1650. The van der Waals surface area contributed by atoms with E-state index >= 15 is 0 Å². The Morgan fingerprint density at radius 3 is 2.28 bits per heavy atom. The molecule has 0 radical (unpaired) electrons. The van der Waals surface area contributed by atoms with Gasteiger partial charge in [-0.05, 0) is 66.9 Å². The van der Waals surface area contributed by atoms with Crippen molar-refractivity contribution in [3.05, 3.63) is 102 Å². The van der Waals surface area contributed by atoms with E-state index < -0.39 is 5.97 Å². The first-order chi connectivity index (χ1) is 17.3. The molecular formula is C29H23N3O4. The zero-order valence-electron chi connectivity index (χ0n) is 19.7. The number of phenols is 1. The number of carboxylic acids is 1. The van der Waals surface area contributed by atoms with Gasteiger partial charge in [0.25, 0.3) is 0 Å². The molecule has 178 valence electrons. The number of hydrogen-bond donors (Lipinski definition) is 3. The van der Waals surface area contributed by atoms with Gasteiger partial charge in [-0.2, -0.15) is 0 Å². The number of aromatic nitrogens is 1. The Balaban J connectivity index is 1.58. The summed E-state index contributed by atoms with van der Waals surface area (Å²) >= 11 is 0. The largest absolute Gasteiger partial charge is 0.505 e. The molecule has 0 saturated heterocycles. The zero-order chi connectivity index (χ0) is 25.4. The Labute approximate surface area is 207 Å². The number of hydrogen-bond acceptors (Lipinski definition) is 5. The highest BCUT2D eigenvalue weighted by atomic mass is 16.4. The first-order valence-corrected chi connectivity index (χ1v) is 11.3. The monoisotopic (exact) mass is 477 g/mol. The quantitative estimate of drug-likeness (QED) is 0.229. The zero-order valence-corrected chi connectivity index (χ0v) is 19.7. The number of rotatable bonds is 5. The summed E-state index contributed by atoms with van der Waals surface area (Å²) in [6.07, 6.45) is 0. The van der Waals surface area contributed by atoms with Gasteiger partial charge < -0.3 is 15.3 Å². The van der Waals surface area contributed by atoms with Gasteiger partial charge >= 0.3 is 5.97 Å². The minimum Gasteiger partial charge on any atom is -0.505 e. The molecule has 0 aliphatic carbocycles. The molecule has 0 unspecified atom stereocenters. The van der Waals surface area contributed by atoms with Crippen molar-refractivity contribution in [1.82, 2.24) is 4.57 Å². The van der Waals surface area contributed by atoms with Crippen LogP contribution < -0.4 is 0 Å². The highest BCUT2D eigenvalue weighted by Gasteiger charge is 2.18. The molecule has 0 fully saturated rings. The maximum atomic E-state index is 11.2. The van der Waals surface area contributed by atoms with Gasteiger partial charge in [-0.25, -0.2) is 4.79 Å². The van der Waals surface area contributed by atoms with Crippen molar-refractivity contribution in [1.29, 1.82) is 0 Å². The molecule has 0 atom stereocenters. The van der Waals surface area contributed by atoms with Crippen LogP contribution in [-0.4, -0.2) is 25.9 Å². The maximum Gasteiger partial charge on any atom is 0.335 e. The van der Waals surface area contributed by atoms with Gasteiger partial charge in [-0.15, -0.1) is 10.2 Å².